The van der Waals surface area contributed by atoms with E-state index >= 15 is 0 Å². The molecule has 2 aromatic heterocycles. The smallest absolute Gasteiger partial charge is 0.122 e. The van der Waals surface area contributed by atoms with Gasteiger partial charge >= 0.3 is 0 Å². The summed E-state index contributed by atoms with van der Waals surface area (Å²) < 4.78 is 1.97. The van der Waals surface area contributed by atoms with Gasteiger partial charge in [-0.3, -0.25) is 0 Å². The molecular weight excluding hydrogens is 124 g/mol. The van der Waals surface area contributed by atoms with Gasteiger partial charge in [0, 0.05) is 24.7 Å². The first kappa shape index (κ1) is 5.35. The average Bonchev–Trinajstić information content (AvgIpc) is 2.59. The second-order valence-corrected chi connectivity index (χ2v) is 2.06. The first-order valence-electron chi connectivity index (χ1n) is 3.15. The Bertz CT molecular complexity index is 247. The summed E-state index contributed by atoms with van der Waals surface area (Å²) in [6, 6.07) is 8.87. The van der Waals surface area contributed by atoms with E-state index in [1.165, 1.54) is 0 Å². The van der Waals surface area contributed by atoms with Gasteiger partial charge in [0.1, 0.15) is 5.82 Å². The lowest BCUT2D eigenvalue weighted by molar-refractivity contribution is 1.03. The van der Waals surface area contributed by atoms with Gasteiger partial charge in [-0.25, -0.2) is 0 Å². The molecule has 2 rings (SSSR count). The fourth-order valence-electron chi connectivity index (χ4n) is 0.916. The molecule has 2 heterocycles. The van der Waals surface area contributed by atoms with E-state index in [4.69, 9.17) is 0 Å². The molecule has 0 amide bonds. The summed E-state index contributed by atoms with van der Waals surface area (Å²) in [7, 11) is 0. The standard InChI is InChI=1S/C8H7N2/c1-2-7-10(6-1)8-4-3-5-9-8/h1-3,5-7,9H. The predicted octanol–water partition coefficient (Wildman–Crippen LogP) is 1.61. The van der Waals surface area contributed by atoms with E-state index in [1.807, 2.05) is 41.4 Å². The quantitative estimate of drug-likeness (QED) is 0.607. The van der Waals surface area contributed by atoms with Crippen LogP contribution in [0.3, 0.4) is 0 Å². The zero-order chi connectivity index (χ0) is 6.81. The van der Waals surface area contributed by atoms with Crippen LogP contribution < -0.4 is 0 Å². The third kappa shape index (κ3) is 0.739. The fraction of sp³-hybridized carbons (Fsp3) is 0. The third-order valence-corrected chi connectivity index (χ3v) is 1.39. The van der Waals surface area contributed by atoms with Gasteiger partial charge in [0.05, 0.1) is 0 Å². The number of aromatic amines is 1. The molecule has 0 aromatic carbocycles. The number of hydrogen-bond acceptors (Lipinski definition) is 0. The number of rotatable bonds is 1. The average molecular weight is 131 g/mol. The van der Waals surface area contributed by atoms with Crippen molar-refractivity contribution in [3.05, 3.63) is 42.9 Å². The predicted molar refractivity (Wildman–Crippen MR) is 39.0 cm³/mol. The molecule has 1 radical (unpaired) electrons. The van der Waals surface area contributed by atoms with Crippen molar-refractivity contribution < 1.29 is 0 Å². The van der Waals surface area contributed by atoms with Crippen molar-refractivity contribution in [2.45, 2.75) is 0 Å². The Hall–Kier alpha value is -1.44. The lowest BCUT2D eigenvalue weighted by Crippen LogP contribution is -1.87. The summed E-state index contributed by atoms with van der Waals surface area (Å²) >= 11 is 0. The Morgan fingerprint density at radius 2 is 2.10 bits per heavy atom. The minimum atomic E-state index is 0.977. The fourth-order valence-corrected chi connectivity index (χ4v) is 0.916. The summed E-state index contributed by atoms with van der Waals surface area (Å²) in [4.78, 5) is 3.05. The van der Waals surface area contributed by atoms with Crippen molar-refractivity contribution in [2.75, 3.05) is 0 Å². The van der Waals surface area contributed by atoms with E-state index in [0.717, 1.165) is 5.82 Å². The molecule has 0 saturated carbocycles. The van der Waals surface area contributed by atoms with Crippen molar-refractivity contribution in [2.24, 2.45) is 0 Å². The number of H-pyrrole nitrogens is 1. The molecule has 49 valence electrons. The topological polar surface area (TPSA) is 20.7 Å². The molecule has 0 saturated heterocycles. The van der Waals surface area contributed by atoms with Crippen LogP contribution >= 0.6 is 0 Å². The van der Waals surface area contributed by atoms with E-state index in [1.54, 1.807) is 0 Å². The van der Waals surface area contributed by atoms with Crippen LogP contribution in [0.1, 0.15) is 0 Å². The van der Waals surface area contributed by atoms with Crippen LogP contribution in [0.5, 0.6) is 0 Å². The molecule has 2 aromatic rings. The SMILES string of the molecule is [c]1cc[nH]c1-n1cccc1. The molecule has 1 N–H and O–H groups in total. The van der Waals surface area contributed by atoms with E-state index in [9.17, 15) is 0 Å². The molecule has 0 bridgehead atoms. The highest BCUT2D eigenvalue weighted by molar-refractivity contribution is 5.21. The maximum Gasteiger partial charge on any atom is 0.122 e. The number of nitrogens with one attached hydrogen (secondary N) is 1. The normalized spacial score (nSPS) is 10.0. The second-order valence-electron chi connectivity index (χ2n) is 2.06. The molecule has 0 spiro atoms. The van der Waals surface area contributed by atoms with Crippen LogP contribution in [-0.4, -0.2) is 9.55 Å². The molecule has 2 nitrogen and oxygen atoms in total. The molecule has 0 atom stereocenters. The molecule has 0 aliphatic rings. The van der Waals surface area contributed by atoms with Gasteiger partial charge in [-0.05, 0) is 18.2 Å². The second kappa shape index (κ2) is 2.06. The Morgan fingerprint density at radius 1 is 1.30 bits per heavy atom. The highest BCUT2D eigenvalue weighted by Crippen LogP contribution is 2.01. The Morgan fingerprint density at radius 3 is 2.70 bits per heavy atom. The Labute approximate surface area is 59.1 Å². The molecule has 2 heteroatoms. The van der Waals surface area contributed by atoms with Gasteiger partial charge in [0.2, 0.25) is 0 Å². The summed E-state index contributed by atoms with van der Waals surface area (Å²) in [6.07, 6.45) is 5.81. The maximum absolute atomic E-state index is 3.05. The number of nitrogens with zero attached hydrogens (tertiary/aromatic N) is 1. The zero-order valence-electron chi connectivity index (χ0n) is 5.41. The minimum Gasteiger partial charge on any atom is -0.347 e. The lowest BCUT2D eigenvalue weighted by atomic mass is 10.6. The van der Waals surface area contributed by atoms with Crippen LogP contribution in [0.2, 0.25) is 0 Å². The molecule has 0 aliphatic carbocycles. The molecule has 0 fully saturated rings. The van der Waals surface area contributed by atoms with E-state index in [-0.39, 0.29) is 0 Å². The van der Waals surface area contributed by atoms with Crippen molar-refractivity contribution in [1.29, 1.82) is 0 Å². The van der Waals surface area contributed by atoms with Crippen molar-refractivity contribution in [3.8, 4) is 5.82 Å². The molecule has 10 heavy (non-hydrogen) atoms. The highest BCUT2D eigenvalue weighted by Gasteiger charge is 1.90. The summed E-state index contributed by atoms with van der Waals surface area (Å²) in [5.41, 5.74) is 0. The van der Waals surface area contributed by atoms with Gasteiger partial charge in [-0.1, -0.05) is 0 Å². The van der Waals surface area contributed by atoms with Gasteiger partial charge in [-0.2, -0.15) is 0 Å². The van der Waals surface area contributed by atoms with Crippen LogP contribution in [0.15, 0.2) is 36.8 Å². The van der Waals surface area contributed by atoms with E-state index in [0.29, 0.717) is 0 Å². The monoisotopic (exact) mass is 131 g/mol. The van der Waals surface area contributed by atoms with Crippen molar-refractivity contribution >= 4 is 0 Å². The van der Waals surface area contributed by atoms with E-state index in [2.05, 4.69) is 11.1 Å². The van der Waals surface area contributed by atoms with Crippen molar-refractivity contribution in [3.63, 3.8) is 0 Å². The molecule has 0 unspecified atom stereocenters. The molecule has 0 aliphatic heterocycles. The van der Waals surface area contributed by atoms with Gasteiger partial charge in [0.15, 0.2) is 0 Å². The lowest BCUT2D eigenvalue weighted by Gasteiger charge is -1.94. The Kier molecular flexibility index (Phi) is 1.10. The van der Waals surface area contributed by atoms with Crippen LogP contribution in [0.25, 0.3) is 5.82 Å². The summed E-state index contributed by atoms with van der Waals surface area (Å²) in [5.74, 6) is 0.977. The zero-order valence-corrected chi connectivity index (χ0v) is 5.41. The maximum atomic E-state index is 3.05. The number of aromatic nitrogens is 2. The van der Waals surface area contributed by atoms with Crippen LogP contribution in [0.4, 0.5) is 0 Å². The summed E-state index contributed by atoms with van der Waals surface area (Å²) in [5, 5.41) is 0. The number of hydrogen-bond donors (Lipinski definition) is 1. The van der Waals surface area contributed by atoms with Gasteiger partial charge < -0.3 is 9.55 Å². The Balaban J connectivity index is 2.48. The van der Waals surface area contributed by atoms with Gasteiger partial charge in [0.25, 0.3) is 0 Å². The molecular formula is C8H7N2. The largest absolute Gasteiger partial charge is 0.347 e. The van der Waals surface area contributed by atoms with Crippen LogP contribution in [-0.2, 0) is 0 Å². The third-order valence-electron chi connectivity index (χ3n) is 1.39. The first-order chi connectivity index (χ1) is 4.97. The van der Waals surface area contributed by atoms with Crippen LogP contribution in [0, 0.1) is 6.07 Å². The van der Waals surface area contributed by atoms with E-state index < -0.39 is 0 Å². The first-order valence-corrected chi connectivity index (χ1v) is 3.15. The van der Waals surface area contributed by atoms with Gasteiger partial charge in [-0.15, -0.1) is 0 Å². The summed E-state index contributed by atoms with van der Waals surface area (Å²) in [6.45, 7) is 0. The minimum absolute atomic E-state index is 0.977. The van der Waals surface area contributed by atoms with Crippen molar-refractivity contribution in [1.82, 2.24) is 9.55 Å². The highest BCUT2D eigenvalue weighted by atomic mass is 15.0.